The number of carbonyl (C=O) groups excluding carboxylic acids is 1. The molecule has 4 aliphatic rings. The number of fused-ring (bicyclic) bond motifs is 2. The van der Waals surface area contributed by atoms with Gasteiger partial charge in [-0.3, -0.25) is 4.79 Å². The molecule has 0 amide bonds. The second kappa shape index (κ2) is 7.22. The van der Waals surface area contributed by atoms with Crippen molar-refractivity contribution in [3.63, 3.8) is 0 Å². The second-order valence-electron chi connectivity index (χ2n) is 10.7. The molecular weight excluding hydrogens is 348 g/mol. The minimum Gasteiger partial charge on any atom is -0.492 e. The Labute approximate surface area is 171 Å². The quantitative estimate of drug-likeness (QED) is 0.396. The number of esters is 1. The average Bonchev–Trinajstić information content (AvgIpc) is 3.12. The van der Waals surface area contributed by atoms with Crippen molar-refractivity contribution in [2.75, 3.05) is 0 Å². The molecule has 0 aromatic rings. The zero-order chi connectivity index (χ0) is 20.8. The van der Waals surface area contributed by atoms with Gasteiger partial charge in [0.25, 0.3) is 0 Å². The van der Waals surface area contributed by atoms with Gasteiger partial charge in [-0.25, -0.2) is 0 Å². The van der Waals surface area contributed by atoms with E-state index in [9.17, 15) is 4.79 Å². The zero-order valence-corrected chi connectivity index (χ0v) is 18.7. The predicted octanol–water partition coefficient (Wildman–Crippen LogP) is 6.58. The molecule has 4 rings (SSSR count). The summed E-state index contributed by atoms with van der Waals surface area (Å²) in [4.78, 5) is 11.4. The molecule has 0 bridgehead atoms. The summed E-state index contributed by atoms with van der Waals surface area (Å²) in [6.45, 7) is 19.2. The van der Waals surface area contributed by atoms with Crippen LogP contribution >= 0.6 is 0 Å². The van der Waals surface area contributed by atoms with Crippen LogP contribution < -0.4 is 0 Å². The largest absolute Gasteiger partial charge is 0.492 e. The van der Waals surface area contributed by atoms with Crippen LogP contribution in [0.4, 0.5) is 0 Å². The van der Waals surface area contributed by atoms with E-state index in [-0.39, 0.29) is 22.6 Å². The zero-order valence-electron chi connectivity index (χ0n) is 18.7. The number of hydrogen-bond acceptors (Lipinski definition) is 3. The van der Waals surface area contributed by atoms with Crippen LogP contribution in [0.15, 0.2) is 25.0 Å². The van der Waals surface area contributed by atoms with Crippen molar-refractivity contribution < 1.29 is 14.3 Å². The first-order valence-corrected chi connectivity index (χ1v) is 11.2. The van der Waals surface area contributed by atoms with Crippen LogP contribution in [0.2, 0.25) is 0 Å². The van der Waals surface area contributed by atoms with Crippen LogP contribution in [0.25, 0.3) is 0 Å². The molecule has 2 heterocycles. The fourth-order valence-electron chi connectivity index (χ4n) is 6.69. The summed E-state index contributed by atoms with van der Waals surface area (Å²) in [6, 6.07) is 0. The standard InChI is InChI=1S/C13H22O.C12H18O2/c1-5-12(3)7-6-8-13(4)11(12)9-10(2)14-13;1-4-11(2)6-5-7-12(3)9(11)8-10(13)14-12/h11H,2,5-9H2,1,3-4H3;4,9H,1,5-8H2,2-3H3/t11?,12-,13+;9?,11-,12+/m11/s1. The lowest BCUT2D eigenvalue weighted by molar-refractivity contribution is -0.151. The number of allylic oxidation sites excluding steroid dienone is 2. The van der Waals surface area contributed by atoms with E-state index >= 15 is 0 Å². The Morgan fingerprint density at radius 3 is 2.18 bits per heavy atom. The van der Waals surface area contributed by atoms with Gasteiger partial charge >= 0.3 is 5.97 Å². The summed E-state index contributed by atoms with van der Waals surface area (Å²) >= 11 is 0. The average molecular weight is 389 g/mol. The fraction of sp³-hybridized carbons (Fsp3) is 0.800. The fourth-order valence-corrected chi connectivity index (χ4v) is 6.69. The maximum atomic E-state index is 11.4. The van der Waals surface area contributed by atoms with Crippen LogP contribution in [-0.2, 0) is 14.3 Å². The van der Waals surface area contributed by atoms with Gasteiger partial charge in [0, 0.05) is 18.3 Å². The van der Waals surface area contributed by atoms with Crippen molar-refractivity contribution in [1.82, 2.24) is 0 Å². The molecule has 3 heteroatoms. The highest BCUT2D eigenvalue weighted by Gasteiger charge is 2.55. The van der Waals surface area contributed by atoms with Crippen molar-refractivity contribution in [3.05, 3.63) is 25.0 Å². The molecule has 0 aromatic heterocycles. The molecule has 0 N–H and O–H groups in total. The third kappa shape index (κ3) is 3.55. The number of rotatable bonds is 2. The van der Waals surface area contributed by atoms with E-state index in [2.05, 4.69) is 47.8 Å². The van der Waals surface area contributed by atoms with E-state index in [1.165, 1.54) is 25.7 Å². The number of ether oxygens (including phenoxy) is 2. The van der Waals surface area contributed by atoms with Gasteiger partial charge in [-0.2, -0.15) is 0 Å². The van der Waals surface area contributed by atoms with Crippen LogP contribution in [0.3, 0.4) is 0 Å². The molecule has 2 unspecified atom stereocenters. The lowest BCUT2D eigenvalue weighted by Crippen LogP contribution is -2.45. The molecule has 2 aliphatic heterocycles. The molecule has 2 saturated heterocycles. The maximum absolute atomic E-state index is 11.4. The van der Waals surface area contributed by atoms with Gasteiger partial charge in [0.1, 0.15) is 11.2 Å². The summed E-state index contributed by atoms with van der Waals surface area (Å²) in [6.07, 6.45) is 12.1. The van der Waals surface area contributed by atoms with E-state index in [0.717, 1.165) is 31.4 Å². The lowest BCUT2D eigenvalue weighted by Gasteiger charge is -2.47. The molecule has 0 spiro atoms. The van der Waals surface area contributed by atoms with Crippen molar-refractivity contribution in [3.8, 4) is 0 Å². The molecule has 4 fully saturated rings. The van der Waals surface area contributed by atoms with E-state index in [1.54, 1.807) is 0 Å². The minimum atomic E-state index is -0.224. The monoisotopic (exact) mass is 388 g/mol. The summed E-state index contributed by atoms with van der Waals surface area (Å²) in [5.41, 5.74) is 0.434. The van der Waals surface area contributed by atoms with Gasteiger partial charge in [0.15, 0.2) is 0 Å². The van der Waals surface area contributed by atoms with Gasteiger partial charge in [0.2, 0.25) is 0 Å². The highest BCUT2D eigenvalue weighted by atomic mass is 16.6. The Bertz CT molecular complexity index is 654. The smallest absolute Gasteiger partial charge is 0.306 e. The Morgan fingerprint density at radius 1 is 0.964 bits per heavy atom. The molecule has 2 saturated carbocycles. The van der Waals surface area contributed by atoms with Crippen molar-refractivity contribution >= 4 is 5.97 Å². The number of hydrogen-bond donors (Lipinski definition) is 0. The van der Waals surface area contributed by atoms with Gasteiger partial charge in [-0.15, -0.1) is 6.58 Å². The topological polar surface area (TPSA) is 35.5 Å². The molecule has 0 aromatic carbocycles. The molecule has 158 valence electrons. The van der Waals surface area contributed by atoms with Crippen molar-refractivity contribution in [2.24, 2.45) is 22.7 Å². The van der Waals surface area contributed by atoms with Gasteiger partial charge in [0.05, 0.1) is 12.2 Å². The Balaban J connectivity index is 0.000000161. The summed E-state index contributed by atoms with van der Waals surface area (Å²) < 4.78 is 11.4. The SMILES string of the molecule is C=C1CC2[C@](C)(CC)CCC[C@]2(C)O1.C=C[C@]1(C)CCC[C@]2(C)OC(=O)CC12. The van der Waals surface area contributed by atoms with Gasteiger partial charge in [-0.1, -0.05) is 39.8 Å². The first-order valence-electron chi connectivity index (χ1n) is 11.2. The van der Waals surface area contributed by atoms with Crippen LogP contribution in [0, 0.1) is 22.7 Å². The Hall–Kier alpha value is -1.25. The van der Waals surface area contributed by atoms with E-state index < -0.39 is 0 Å². The van der Waals surface area contributed by atoms with Crippen molar-refractivity contribution in [1.29, 1.82) is 0 Å². The normalized spacial score (nSPS) is 47.2. The van der Waals surface area contributed by atoms with Crippen molar-refractivity contribution in [2.45, 2.75) is 104 Å². The first kappa shape index (κ1) is 21.5. The minimum absolute atomic E-state index is 0.0347. The first-order chi connectivity index (χ1) is 13.0. The lowest BCUT2D eigenvalue weighted by atomic mass is 9.60. The second-order valence-corrected chi connectivity index (χ2v) is 10.7. The molecule has 0 radical (unpaired) electrons. The third-order valence-electron chi connectivity index (χ3n) is 8.72. The van der Waals surface area contributed by atoms with Crippen LogP contribution in [0.5, 0.6) is 0 Å². The van der Waals surface area contributed by atoms with Crippen LogP contribution in [-0.4, -0.2) is 17.2 Å². The summed E-state index contributed by atoms with van der Waals surface area (Å²) in [5, 5.41) is 0. The molecule has 3 nitrogen and oxygen atoms in total. The molecule has 28 heavy (non-hydrogen) atoms. The van der Waals surface area contributed by atoms with Gasteiger partial charge < -0.3 is 9.47 Å². The summed E-state index contributed by atoms with van der Waals surface area (Å²) in [5.74, 6) is 2.00. The van der Waals surface area contributed by atoms with Crippen LogP contribution in [0.1, 0.15) is 92.4 Å². The molecule has 6 atom stereocenters. The third-order valence-corrected chi connectivity index (χ3v) is 8.72. The Kier molecular flexibility index (Phi) is 5.53. The molecular formula is C25H40O3. The Morgan fingerprint density at radius 2 is 1.57 bits per heavy atom. The number of carbonyl (C=O) groups is 1. The highest BCUT2D eigenvalue weighted by molar-refractivity contribution is 5.73. The van der Waals surface area contributed by atoms with E-state index in [0.29, 0.717) is 23.7 Å². The molecule has 2 aliphatic carbocycles. The maximum Gasteiger partial charge on any atom is 0.306 e. The van der Waals surface area contributed by atoms with Gasteiger partial charge in [-0.05, 0) is 63.2 Å². The van der Waals surface area contributed by atoms with E-state index in [4.69, 9.17) is 9.47 Å². The summed E-state index contributed by atoms with van der Waals surface area (Å²) in [7, 11) is 0. The van der Waals surface area contributed by atoms with E-state index in [1.807, 2.05) is 6.08 Å². The highest BCUT2D eigenvalue weighted by Crippen LogP contribution is 2.56. The predicted molar refractivity (Wildman–Crippen MR) is 114 cm³/mol.